The third-order valence-corrected chi connectivity index (χ3v) is 7.40. The first-order valence-electron chi connectivity index (χ1n) is 12.8. The molecule has 7 nitrogen and oxygen atoms in total. The van der Waals surface area contributed by atoms with Crippen molar-refractivity contribution in [1.82, 2.24) is 11.5 Å². The molecule has 2 heterocycles. The Morgan fingerprint density at radius 2 is 1.79 bits per heavy atom. The fourth-order valence-electron chi connectivity index (χ4n) is 5.48. The Kier molecular flexibility index (Phi) is 7.22. The minimum atomic E-state index is -0.993. The van der Waals surface area contributed by atoms with E-state index in [2.05, 4.69) is 5.32 Å². The van der Waals surface area contributed by atoms with Crippen LogP contribution in [0.1, 0.15) is 53.3 Å². The number of phenolic OH excluding ortho intramolecular Hbond substituents is 1. The van der Waals surface area contributed by atoms with Crippen molar-refractivity contribution >= 4 is 16.7 Å². The zero-order valence-corrected chi connectivity index (χ0v) is 21.2. The summed E-state index contributed by atoms with van der Waals surface area (Å²) in [5.74, 6) is 0.563. The molecule has 1 fully saturated rings. The highest BCUT2D eigenvalue weighted by atomic mass is 16.5. The number of carboxylic acid groups (broad SMARTS) is 1. The fourth-order valence-corrected chi connectivity index (χ4v) is 5.48. The van der Waals surface area contributed by atoms with Crippen LogP contribution in [0.5, 0.6) is 17.2 Å². The number of hydrogen-bond acceptors (Lipinski definition) is 6. The second-order valence-electron chi connectivity index (χ2n) is 9.80. The number of benzene rings is 4. The van der Waals surface area contributed by atoms with Crippen LogP contribution in [0.25, 0.3) is 21.9 Å². The molecule has 0 radical (unpaired) electrons. The van der Waals surface area contributed by atoms with Crippen molar-refractivity contribution in [2.24, 2.45) is 0 Å². The van der Waals surface area contributed by atoms with Crippen molar-refractivity contribution in [3.63, 3.8) is 0 Å². The molecular weight excluding hydrogens is 480 g/mol. The Bertz CT molecular complexity index is 1460. The van der Waals surface area contributed by atoms with Crippen molar-refractivity contribution in [3.8, 4) is 28.4 Å². The van der Waals surface area contributed by atoms with Crippen molar-refractivity contribution in [2.45, 2.75) is 37.8 Å². The number of carboxylic acids is 1. The molecule has 0 bridgehead atoms. The number of rotatable bonds is 6. The molecule has 0 spiro atoms. The van der Waals surface area contributed by atoms with Crippen LogP contribution in [-0.4, -0.2) is 35.4 Å². The molecule has 2 atom stereocenters. The number of piperidine rings is 1. The minimum Gasteiger partial charge on any atom is -0.508 e. The second kappa shape index (κ2) is 10.7. The molecule has 0 aromatic heterocycles. The van der Waals surface area contributed by atoms with E-state index >= 15 is 0 Å². The molecule has 2 unspecified atom stereocenters. The van der Waals surface area contributed by atoms with Gasteiger partial charge in [0, 0.05) is 17.2 Å². The lowest BCUT2D eigenvalue weighted by atomic mass is 9.85. The van der Waals surface area contributed by atoms with Gasteiger partial charge >= 0.3 is 5.97 Å². The van der Waals surface area contributed by atoms with Gasteiger partial charge in [0.1, 0.15) is 17.2 Å². The van der Waals surface area contributed by atoms with E-state index in [1.807, 2.05) is 42.5 Å². The van der Waals surface area contributed by atoms with Crippen LogP contribution in [0, 0.1) is 0 Å². The van der Waals surface area contributed by atoms with Crippen molar-refractivity contribution < 1.29 is 24.5 Å². The molecule has 38 heavy (non-hydrogen) atoms. The Hall–Kier alpha value is -4.07. The molecule has 7 heteroatoms. The fraction of sp³-hybridized carbons (Fsp3) is 0.258. The highest BCUT2D eigenvalue weighted by molar-refractivity contribution is 5.96. The summed E-state index contributed by atoms with van der Waals surface area (Å²) in [6, 6.07) is 22.8. The summed E-state index contributed by atoms with van der Waals surface area (Å²) < 4.78 is 12.5. The van der Waals surface area contributed by atoms with E-state index in [1.54, 1.807) is 30.3 Å². The quantitative estimate of drug-likeness (QED) is 0.234. The standard InChI is InChI=1S/C31H29NO5.H3N/c33-23-8-13-25-20(17-23)6-12-27-26-11-7-21(31(34)35)18-28(26)37-30(29(25)27)19-4-9-24(10-5-19)36-16-14-22-3-1-2-15-32-22;/h4-13,17-18,22,30,32-33H,1-3,14-16H2,(H,34,35);1H3. The van der Waals surface area contributed by atoms with Gasteiger partial charge in [0.2, 0.25) is 0 Å². The normalized spacial score (nSPS) is 18.0. The van der Waals surface area contributed by atoms with E-state index in [0.717, 1.165) is 51.7 Å². The summed E-state index contributed by atoms with van der Waals surface area (Å²) >= 11 is 0. The Balaban J connectivity index is 0.00000294. The van der Waals surface area contributed by atoms with E-state index in [0.29, 0.717) is 18.4 Å². The van der Waals surface area contributed by atoms with Gasteiger partial charge in [-0.25, -0.2) is 4.79 Å². The number of phenols is 1. The summed E-state index contributed by atoms with van der Waals surface area (Å²) in [5, 5.41) is 25.0. The highest BCUT2D eigenvalue weighted by Crippen LogP contribution is 2.48. The van der Waals surface area contributed by atoms with E-state index < -0.39 is 12.1 Å². The van der Waals surface area contributed by atoms with Crippen molar-refractivity contribution in [1.29, 1.82) is 0 Å². The molecule has 6 rings (SSSR count). The second-order valence-corrected chi connectivity index (χ2v) is 9.80. The minimum absolute atomic E-state index is 0. The molecule has 196 valence electrons. The van der Waals surface area contributed by atoms with Crippen molar-refractivity contribution in [2.75, 3.05) is 13.2 Å². The number of carbonyl (C=O) groups is 1. The average Bonchev–Trinajstić information content (AvgIpc) is 2.92. The highest BCUT2D eigenvalue weighted by Gasteiger charge is 2.30. The maximum absolute atomic E-state index is 11.6. The molecule has 4 aromatic rings. The summed E-state index contributed by atoms with van der Waals surface area (Å²) in [5.41, 5.74) is 3.95. The number of nitrogens with one attached hydrogen (secondary N) is 1. The Morgan fingerprint density at radius 3 is 2.55 bits per heavy atom. The summed E-state index contributed by atoms with van der Waals surface area (Å²) in [4.78, 5) is 11.6. The number of hydrogen-bond donors (Lipinski definition) is 4. The summed E-state index contributed by atoms with van der Waals surface area (Å²) in [7, 11) is 0. The van der Waals surface area contributed by atoms with Crippen molar-refractivity contribution in [3.05, 3.63) is 89.5 Å². The third-order valence-electron chi connectivity index (χ3n) is 7.40. The van der Waals surface area contributed by atoms with Gasteiger partial charge in [-0.15, -0.1) is 0 Å². The lowest BCUT2D eigenvalue weighted by molar-refractivity contribution is 0.0696. The molecule has 4 aromatic carbocycles. The topological polar surface area (TPSA) is 123 Å². The first kappa shape index (κ1) is 25.6. The van der Waals surface area contributed by atoms with Gasteiger partial charge in [0.15, 0.2) is 6.10 Å². The molecule has 2 aliphatic rings. The third kappa shape index (κ3) is 4.90. The van der Waals surface area contributed by atoms with E-state index in [-0.39, 0.29) is 17.5 Å². The maximum atomic E-state index is 11.6. The van der Waals surface area contributed by atoms with Gasteiger partial charge in [-0.1, -0.05) is 36.8 Å². The first-order chi connectivity index (χ1) is 18.1. The number of fused-ring (bicyclic) bond motifs is 5. The molecule has 0 aliphatic carbocycles. The zero-order valence-electron chi connectivity index (χ0n) is 21.2. The lowest BCUT2D eigenvalue weighted by Gasteiger charge is -2.31. The Morgan fingerprint density at radius 1 is 0.974 bits per heavy atom. The smallest absolute Gasteiger partial charge is 0.335 e. The first-order valence-corrected chi connectivity index (χ1v) is 12.8. The Labute approximate surface area is 221 Å². The number of aromatic carboxylic acids is 1. The van der Waals surface area contributed by atoms with Gasteiger partial charge in [-0.05, 0) is 90.2 Å². The van der Waals surface area contributed by atoms with Gasteiger partial charge < -0.3 is 31.2 Å². The molecular formula is C31H32N2O5. The van der Waals surface area contributed by atoms with Gasteiger partial charge in [0.25, 0.3) is 0 Å². The summed E-state index contributed by atoms with van der Waals surface area (Å²) in [6.45, 7) is 1.76. The number of ether oxygens (including phenoxy) is 2. The van der Waals surface area contributed by atoms with Crippen LogP contribution in [-0.2, 0) is 0 Å². The van der Waals surface area contributed by atoms with Crippen LogP contribution < -0.4 is 20.9 Å². The molecule has 6 N–H and O–H groups in total. The SMILES string of the molecule is N.O=C(O)c1ccc2c(c1)OC(c1ccc(OCCC3CCCCN3)cc1)c1c-2ccc2cc(O)ccc12. The van der Waals surface area contributed by atoms with E-state index in [9.17, 15) is 15.0 Å². The molecule has 2 aliphatic heterocycles. The van der Waals surface area contributed by atoms with Gasteiger partial charge in [-0.2, -0.15) is 0 Å². The van der Waals surface area contributed by atoms with Crippen LogP contribution in [0.3, 0.4) is 0 Å². The molecule has 0 saturated carbocycles. The van der Waals surface area contributed by atoms with E-state index in [4.69, 9.17) is 9.47 Å². The molecule has 0 amide bonds. The van der Waals surface area contributed by atoms with Crippen LogP contribution in [0.4, 0.5) is 0 Å². The predicted octanol–water partition coefficient (Wildman–Crippen LogP) is 6.47. The number of aromatic hydroxyl groups is 1. The van der Waals surface area contributed by atoms with Gasteiger partial charge in [-0.3, -0.25) is 0 Å². The average molecular weight is 513 g/mol. The monoisotopic (exact) mass is 512 g/mol. The van der Waals surface area contributed by atoms with Crippen LogP contribution >= 0.6 is 0 Å². The largest absolute Gasteiger partial charge is 0.508 e. The predicted molar refractivity (Wildman–Crippen MR) is 148 cm³/mol. The summed E-state index contributed by atoms with van der Waals surface area (Å²) in [6.07, 6.45) is 4.28. The zero-order chi connectivity index (χ0) is 25.4. The molecule has 1 saturated heterocycles. The van der Waals surface area contributed by atoms with E-state index in [1.165, 1.54) is 19.3 Å². The lowest BCUT2D eigenvalue weighted by Crippen LogP contribution is -2.35. The van der Waals surface area contributed by atoms with Crippen LogP contribution in [0.15, 0.2) is 72.8 Å². The van der Waals surface area contributed by atoms with Gasteiger partial charge in [0.05, 0.1) is 12.2 Å². The van der Waals surface area contributed by atoms with Crippen LogP contribution in [0.2, 0.25) is 0 Å². The maximum Gasteiger partial charge on any atom is 0.335 e.